The van der Waals surface area contributed by atoms with E-state index >= 15 is 0 Å². The van der Waals surface area contributed by atoms with Gasteiger partial charge in [0.05, 0.1) is 21.3 Å². The lowest BCUT2D eigenvalue weighted by atomic mass is 10.1. The van der Waals surface area contributed by atoms with Crippen LogP contribution in [0.15, 0.2) is 12.1 Å². The summed E-state index contributed by atoms with van der Waals surface area (Å²) in [4.78, 5) is 23.4. The van der Waals surface area contributed by atoms with Gasteiger partial charge in [0.2, 0.25) is 11.7 Å². The standard InChI is InChI=1S/C15H21ClN2O5/c1-21-11-8-10(9-12(22-2)14(11)23-3)15(20)18-7-6-17-13(19)4-5-16/h8-9H,4-7H2,1-3H3,(H,17,19)(H,18,20). The van der Waals surface area contributed by atoms with Gasteiger partial charge in [-0.2, -0.15) is 0 Å². The highest BCUT2D eigenvalue weighted by Crippen LogP contribution is 2.38. The molecule has 0 saturated carbocycles. The number of halogens is 1. The number of nitrogens with one attached hydrogen (secondary N) is 2. The second-order valence-corrected chi connectivity index (χ2v) is 4.84. The van der Waals surface area contributed by atoms with Crippen LogP contribution >= 0.6 is 11.6 Å². The number of methoxy groups -OCH3 is 3. The molecule has 1 aromatic rings. The van der Waals surface area contributed by atoms with Crippen LogP contribution in [0.3, 0.4) is 0 Å². The molecule has 8 heteroatoms. The normalized spacial score (nSPS) is 9.91. The van der Waals surface area contributed by atoms with Crippen molar-refractivity contribution >= 4 is 23.4 Å². The predicted molar refractivity (Wildman–Crippen MR) is 86.8 cm³/mol. The highest BCUT2D eigenvalue weighted by atomic mass is 35.5. The molecule has 1 rings (SSSR count). The number of ether oxygens (including phenoxy) is 3. The van der Waals surface area contributed by atoms with Crippen LogP contribution in [-0.4, -0.2) is 52.1 Å². The van der Waals surface area contributed by atoms with Crippen LogP contribution in [0.2, 0.25) is 0 Å². The molecule has 0 spiro atoms. The molecular formula is C15H21ClN2O5. The van der Waals surface area contributed by atoms with Crippen molar-refractivity contribution in [2.45, 2.75) is 6.42 Å². The second kappa shape index (κ2) is 9.78. The monoisotopic (exact) mass is 344 g/mol. The number of benzene rings is 1. The lowest BCUT2D eigenvalue weighted by Gasteiger charge is -2.14. The molecule has 0 aliphatic heterocycles. The molecule has 7 nitrogen and oxygen atoms in total. The van der Waals surface area contributed by atoms with Crippen LogP contribution < -0.4 is 24.8 Å². The van der Waals surface area contributed by atoms with E-state index in [0.717, 1.165) is 0 Å². The summed E-state index contributed by atoms with van der Waals surface area (Å²) in [5.74, 6) is 1.02. The number of alkyl halides is 1. The molecule has 2 N–H and O–H groups in total. The van der Waals surface area contributed by atoms with Gasteiger partial charge in [0.25, 0.3) is 5.91 Å². The molecular weight excluding hydrogens is 324 g/mol. The maximum absolute atomic E-state index is 12.2. The Morgan fingerprint density at radius 2 is 1.57 bits per heavy atom. The zero-order valence-electron chi connectivity index (χ0n) is 13.4. The second-order valence-electron chi connectivity index (χ2n) is 4.46. The van der Waals surface area contributed by atoms with E-state index in [9.17, 15) is 9.59 Å². The molecule has 23 heavy (non-hydrogen) atoms. The number of hydrogen-bond acceptors (Lipinski definition) is 5. The van der Waals surface area contributed by atoms with Gasteiger partial charge < -0.3 is 24.8 Å². The highest BCUT2D eigenvalue weighted by molar-refractivity contribution is 6.18. The summed E-state index contributed by atoms with van der Waals surface area (Å²) in [6.07, 6.45) is 0.252. The van der Waals surface area contributed by atoms with Gasteiger partial charge in [-0.1, -0.05) is 0 Å². The van der Waals surface area contributed by atoms with E-state index in [1.54, 1.807) is 12.1 Å². The summed E-state index contributed by atoms with van der Waals surface area (Å²) in [5.41, 5.74) is 0.367. The fraction of sp³-hybridized carbons (Fsp3) is 0.467. The first-order valence-electron chi connectivity index (χ1n) is 6.98. The molecule has 0 unspecified atom stereocenters. The van der Waals surface area contributed by atoms with E-state index < -0.39 is 0 Å². The zero-order chi connectivity index (χ0) is 17.2. The van der Waals surface area contributed by atoms with Crippen molar-refractivity contribution in [3.63, 3.8) is 0 Å². The van der Waals surface area contributed by atoms with E-state index in [-0.39, 0.29) is 24.1 Å². The van der Waals surface area contributed by atoms with Gasteiger partial charge in [-0.15, -0.1) is 11.6 Å². The van der Waals surface area contributed by atoms with Crippen LogP contribution in [0.1, 0.15) is 16.8 Å². The first-order chi connectivity index (χ1) is 11.1. The van der Waals surface area contributed by atoms with Gasteiger partial charge in [-0.05, 0) is 12.1 Å². The van der Waals surface area contributed by atoms with Crippen molar-refractivity contribution in [3.05, 3.63) is 17.7 Å². The Bertz CT molecular complexity index is 526. The maximum Gasteiger partial charge on any atom is 0.251 e. The number of carbonyl (C=O) groups excluding carboxylic acids is 2. The topological polar surface area (TPSA) is 85.9 Å². The molecule has 2 amide bonds. The Morgan fingerprint density at radius 1 is 1.00 bits per heavy atom. The first kappa shape index (κ1) is 18.9. The first-order valence-corrected chi connectivity index (χ1v) is 7.51. The van der Waals surface area contributed by atoms with Crippen LogP contribution in [0, 0.1) is 0 Å². The SMILES string of the molecule is COc1cc(C(=O)NCCNC(=O)CCCl)cc(OC)c1OC. The molecule has 0 aromatic heterocycles. The largest absolute Gasteiger partial charge is 0.493 e. The minimum Gasteiger partial charge on any atom is -0.493 e. The third-order valence-corrected chi connectivity index (χ3v) is 3.17. The Labute approximate surface area is 140 Å². The van der Waals surface area contributed by atoms with Gasteiger partial charge in [0, 0.05) is 31.0 Å². The van der Waals surface area contributed by atoms with E-state index in [1.807, 2.05) is 0 Å². The van der Waals surface area contributed by atoms with E-state index in [4.69, 9.17) is 25.8 Å². The summed E-state index contributed by atoms with van der Waals surface area (Å²) in [5, 5.41) is 5.34. The van der Waals surface area contributed by atoms with Crippen molar-refractivity contribution in [2.24, 2.45) is 0 Å². The molecule has 0 bridgehead atoms. The minimum absolute atomic E-state index is 0.151. The third-order valence-electron chi connectivity index (χ3n) is 2.98. The summed E-state index contributed by atoms with van der Waals surface area (Å²) < 4.78 is 15.6. The predicted octanol–water partition coefficient (Wildman–Crippen LogP) is 1.19. The third kappa shape index (κ3) is 5.52. The van der Waals surface area contributed by atoms with Crippen molar-refractivity contribution in [1.82, 2.24) is 10.6 Å². The number of hydrogen-bond donors (Lipinski definition) is 2. The molecule has 0 fully saturated rings. The van der Waals surface area contributed by atoms with Gasteiger partial charge in [-0.3, -0.25) is 9.59 Å². The fourth-order valence-electron chi connectivity index (χ4n) is 1.87. The van der Waals surface area contributed by atoms with Crippen molar-refractivity contribution in [2.75, 3.05) is 40.3 Å². The Morgan fingerprint density at radius 3 is 2.04 bits per heavy atom. The maximum atomic E-state index is 12.2. The summed E-state index contributed by atoms with van der Waals surface area (Å²) >= 11 is 5.46. The number of carbonyl (C=O) groups is 2. The average Bonchev–Trinajstić information content (AvgIpc) is 2.57. The van der Waals surface area contributed by atoms with Gasteiger partial charge in [0.15, 0.2) is 11.5 Å². The van der Waals surface area contributed by atoms with Gasteiger partial charge >= 0.3 is 0 Å². The van der Waals surface area contributed by atoms with Crippen molar-refractivity contribution in [3.8, 4) is 17.2 Å². The van der Waals surface area contributed by atoms with Crippen LogP contribution in [0.25, 0.3) is 0 Å². The Balaban J connectivity index is 2.67. The lowest BCUT2D eigenvalue weighted by molar-refractivity contribution is -0.120. The fourth-order valence-corrected chi connectivity index (χ4v) is 2.04. The molecule has 0 heterocycles. The van der Waals surface area contributed by atoms with Crippen molar-refractivity contribution < 1.29 is 23.8 Å². The Hall–Kier alpha value is -2.15. The van der Waals surface area contributed by atoms with Crippen LogP contribution in [0.5, 0.6) is 17.2 Å². The van der Waals surface area contributed by atoms with E-state index in [1.165, 1.54) is 21.3 Å². The number of amides is 2. The summed E-state index contributed by atoms with van der Waals surface area (Å²) in [6, 6.07) is 3.12. The summed E-state index contributed by atoms with van der Waals surface area (Å²) in [7, 11) is 4.44. The smallest absolute Gasteiger partial charge is 0.251 e. The molecule has 0 aliphatic carbocycles. The summed E-state index contributed by atoms with van der Waals surface area (Å²) in [6.45, 7) is 0.620. The molecule has 0 saturated heterocycles. The van der Waals surface area contributed by atoms with E-state index in [2.05, 4.69) is 10.6 Å². The molecule has 0 aliphatic rings. The Kier molecular flexibility index (Phi) is 8.04. The quantitative estimate of drug-likeness (QED) is 0.519. The molecule has 0 radical (unpaired) electrons. The van der Waals surface area contributed by atoms with Crippen LogP contribution in [-0.2, 0) is 4.79 Å². The average molecular weight is 345 g/mol. The zero-order valence-corrected chi connectivity index (χ0v) is 14.2. The minimum atomic E-state index is -0.309. The van der Waals surface area contributed by atoms with Crippen LogP contribution in [0.4, 0.5) is 0 Å². The van der Waals surface area contributed by atoms with Crippen molar-refractivity contribution in [1.29, 1.82) is 0 Å². The van der Waals surface area contributed by atoms with E-state index in [0.29, 0.717) is 35.9 Å². The van der Waals surface area contributed by atoms with Gasteiger partial charge in [0.1, 0.15) is 0 Å². The van der Waals surface area contributed by atoms with Gasteiger partial charge in [-0.25, -0.2) is 0 Å². The molecule has 128 valence electrons. The highest BCUT2D eigenvalue weighted by Gasteiger charge is 2.16. The number of rotatable bonds is 9. The lowest BCUT2D eigenvalue weighted by Crippen LogP contribution is -2.34. The molecule has 1 aromatic carbocycles. The molecule has 0 atom stereocenters.